The number of hydrogen-bond donors (Lipinski definition) is 1. The molecule has 0 spiro atoms. The van der Waals surface area contributed by atoms with Crippen LogP contribution < -0.4 is 4.90 Å². The second-order valence-electron chi connectivity index (χ2n) is 4.58. The number of pyridine rings is 1. The molecule has 1 aliphatic heterocycles. The summed E-state index contributed by atoms with van der Waals surface area (Å²) in [6.45, 7) is 1.58. The summed E-state index contributed by atoms with van der Waals surface area (Å²) in [6.07, 6.45) is 6.67. The van der Waals surface area contributed by atoms with Gasteiger partial charge in [-0.05, 0) is 18.9 Å². The van der Waals surface area contributed by atoms with Gasteiger partial charge in [0, 0.05) is 13.1 Å². The predicted octanol–water partition coefficient (Wildman–Crippen LogP) is 2.69. The zero-order valence-corrected chi connectivity index (χ0v) is 10.2. The van der Waals surface area contributed by atoms with Crippen LogP contribution in [0.2, 0.25) is 0 Å². The van der Waals surface area contributed by atoms with Gasteiger partial charge < -0.3 is 10.0 Å². The number of anilines is 1. The van der Waals surface area contributed by atoms with Crippen molar-refractivity contribution in [2.24, 2.45) is 0 Å². The fraction of sp³-hybridized carbons (Fsp3) is 0.538. The number of hydrogen-bond acceptors (Lipinski definition) is 3. The molecule has 1 saturated heterocycles. The normalized spacial score (nSPS) is 17.1. The maximum Gasteiger partial charge on any atom is 0.339 e. The Hall–Kier alpha value is -1.65. The fourth-order valence-electron chi connectivity index (χ4n) is 2.30. The highest BCUT2D eigenvalue weighted by Crippen LogP contribution is 2.22. The van der Waals surface area contributed by atoms with Gasteiger partial charge in [-0.3, -0.25) is 0 Å². The topological polar surface area (TPSA) is 53.4 Å². The molecule has 18 heavy (non-hydrogen) atoms. The number of nitrogens with zero attached hydrogens (tertiary/aromatic N) is 2. The minimum Gasteiger partial charge on any atom is -0.478 e. The maximum atomic E-state index is 13.1. The third kappa shape index (κ3) is 2.97. The molecule has 0 aromatic carbocycles. The summed E-state index contributed by atoms with van der Waals surface area (Å²) in [4.78, 5) is 17.1. The van der Waals surface area contributed by atoms with Gasteiger partial charge in [0.1, 0.15) is 17.2 Å². The molecular formula is C13H17FN2O2. The first-order chi connectivity index (χ1) is 8.68. The Bertz CT molecular complexity index is 429. The van der Waals surface area contributed by atoms with Gasteiger partial charge in [-0.25, -0.2) is 14.2 Å². The lowest BCUT2D eigenvalue weighted by Crippen LogP contribution is -2.29. The lowest BCUT2D eigenvalue weighted by molar-refractivity contribution is 0.0696. The molecule has 0 unspecified atom stereocenters. The van der Waals surface area contributed by atoms with E-state index in [1.807, 2.05) is 4.90 Å². The van der Waals surface area contributed by atoms with Crippen molar-refractivity contribution in [3.05, 3.63) is 23.6 Å². The van der Waals surface area contributed by atoms with Gasteiger partial charge >= 0.3 is 5.97 Å². The highest BCUT2D eigenvalue weighted by Gasteiger charge is 2.19. The van der Waals surface area contributed by atoms with Crippen molar-refractivity contribution in [3.63, 3.8) is 0 Å². The van der Waals surface area contributed by atoms with Crippen LogP contribution in [0.1, 0.15) is 42.5 Å². The van der Waals surface area contributed by atoms with Crippen molar-refractivity contribution in [2.45, 2.75) is 32.1 Å². The minimum atomic E-state index is -1.13. The summed E-state index contributed by atoms with van der Waals surface area (Å²) in [6, 6.07) is 1.05. The maximum absolute atomic E-state index is 13.1. The van der Waals surface area contributed by atoms with Gasteiger partial charge in [0.25, 0.3) is 0 Å². The standard InChI is InChI=1S/C13H17FN2O2/c14-10-8-11(13(17)18)12(15-9-10)16-6-4-2-1-3-5-7-16/h8-9H,1-7H2,(H,17,18). The van der Waals surface area contributed by atoms with Gasteiger partial charge in [-0.2, -0.15) is 0 Å². The number of halogens is 1. The zero-order valence-electron chi connectivity index (χ0n) is 10.2. The average Bonchev–Trinajstić information content (AvgIpc) is 2.29. The van der Waals surface area contributed by atoms with E-state index in [2.05, 4.69) is 4.98 Å². The molecule has 1 aliphatic rings. The minimum absolute atomic E-state index is 0.0458. The summed E-state index contributed by atoms with van der Waals surface area (Å²) < 4.78 is 13.1. The van der Waals surface area contributed by atoms with Crippen LogP contribution in [0.4, 0.5) is 10.2 Å². The molecule has 1 N–H and O–H groups in total. The largest absolute Gasteiger partial charge is 0.478 e. The van der Waals surface area contributed by atoms with Crippen molar-refractivity contribution in [1.82, 2.24) is 4.98 Å². The summed E-state index contributed by atoms with van der Waals surface area (Å²) in [5.41, 5.74) is -0.0458. The molecule has 2 rings (SSSR count). The second-order valence-corrected chi connectivity index (χ2v) is 4.58. The number of aromatic nitrogens is 1. The van der Waals surface area contributed by atoms with Crippen LogP contribution in [0.5, 0.6) is 0 Å². The van der Waals surface area contributed by atoms with Gasteiger partial charge in [0.2, 0.25) is 0 Å². The van der Waals surface area contributed by atoms with Crippen LogP contribution in [0.25, 0.3) is 0 Å². The Labute approximate surface area is 105 Å². The monoisotopic (exact) mass is 252 g/mol. The molecule has 0 atom stereocenters. The van der Waals surface area contributed by atoms with Crippen molar-refractivity contribution < 1.29 is 14.3 Å². The molecule has 0 aliphatic carbocycles. The van der Waals surface area contributed by atoms with Gasteiger partial charge in [0.05, 0.1) is 6.20 Å². The highest BCUT2D eigenvalue weighted by molar-refractivity contribution is 5.93. The first-order valence-corrected chi connectivity index (χ1v) is 6.32. The van der Waals surface area contributed by atoms with Gasteiger partial charge in [-0.1, -0.05) is 19.3 Å². The van der Waals surface area contributed by atoms with E-state index < -0.39 is 11.8 Å². The average molecular weight is 252 g/mol. The summed E-state index contributed by atoms with van der Waals surface area (Å²) in [5.74, 6) is -1.34. The molecule has 4 nitrogen and oxygen atoms in total. The van der Waals surface area contributed by atoms with E-state index in [0.717, 1.165) is 51.0 Å². The quantitative estimate of drug-likeness (QED) is 0.879. The van der Waals surface area contributed by atoms with Crippen LogP contribution in [0.15, 0.2) is 12.3 Å². The van der Waals surface area contributed by atoms with E-state index in [1.165, 1.54) is 6.42 Å². The van der Waals surface area contributed by atoms with Crippen LogP contribution in [0, 0.1) is 5.82 Å². The smallest absolute Gasteiger partial charge is 0.339 e. The van der Waals surface area contributed by atoms with Crippen LogP contribution in [0.3, 0.4) is 0 Å². The van der Waals surface area contributed by atoms with E-state index in [9.17, 15) is 9.18 Å². The summed E-state index contributed by atoms with van der Waals surface area (Å²) in [5, 5.41) is 9.11. The lowest BCUT2D eigenvalue weighted by Gasteiger charge is -2.26. The van der Waals surface area contributed by atoms with Gasteiger partial charge in [0.15, 0.2) is 0 Å². The van der Waals surface area contributed by atoms with Crippen molar-refractivity contribution >= 4 is 11.8 Å². The molecule has 0 radical (unpaired) electrons. The third-order valence-electron chi connectivity index (χ3n) is 3.22. The van der Waals surface area contributed by atoms with E-state index in [4.69, 9.17) is 5.11 Å². The summed E-state index contributed by atoms with van der Waals surface area (Å²) in [7, 11) is 0. The fourth-order valence-corrected chi connectivity index (χ4v) is 2.30. The molecule has 5 heteroatoms. The van der Waals surface area contributed by atoms with E-state index >= 15 is 0 Å². The first kappa shape index (κ1) is 12.8. The molecule has 0 bridgehead atoms. The van der Waals surface area contributed by atoms with E-state index in [0.29, 0.717) is 5.82 Å². The second kappa shape index (κ2) is 5.80. The first-order valence-electron chi connectivity index (χ1n) is 6.32. The lowest BCUT2D eigenvalue weighted by atomic mass is 10.1. The number of carboxylic acids is 1. The molecular weight excluding hydrogens is 235 g/mol. The van der Waals surface area contributed by atoms with Crippen LogP contribution in [-0.4, -0.2) is 29.1 Å². The third-order valence-corrected chi connectivity index (χ3v) is 3.22. The van der Waals surface area contributed by atoms with Crippen molar-refractivity contribution in [2.75, 3.05) is 18.0 Å². The Morgan fingerprint density at radius 1 is 1.22 bits per heavy atom. The van der Waals surface area contributed by atoms with Crippen molar-refractivity contribution in [3.8, 4) is 0 Å². The van der Waals surface area contributed by atoms with Gasteiger partial charge in [-0.15, -0.1) is 0 Å². The summed E-state index contributed by atoms with van der Waals surface area (Å²) >= 11 is 0. The van der Waals surface area contributed by atoms with E-state index in [-0.39, 0.29) is 5.56 Å². The Balaban J connectivity index is 2.27. The molecule has 0 saturated carbocycles. The van der Waals surface area contributed by atoms with Crippen LogP contribution in [-0.2, 0) is 0 Å². The molecule has 1 aromatic rings. The SMILES string of the molecule is O=C(O)c1cc(F)cnc1N1CCCCCCC1. The molecule has 1 fully saturated rings. The Kier molecular flexibility index (Phi) is 4.12. The Morgan fingerprint density at radius 2 is 1.83 bits per heavy atom. The number of carbonyl (C=O) groups is 1. The molecule has 0 amide bonds. The van der Waals surface area contributed by atoms with Crippen LogP contribution >= 0.6 is 0 Å². The highest BCUT2D eigenvalue weighted by atomic mass is 19.1. The predicted molar refractivity (Wildman–Crippen MR) is 66.5 cm³/mol. The molecule has 98 valence electrons. The molecule has 1 aromatic heterocycles. The number of carboxylic acid groups (broad SMARTS) is 1. The molecule has 2 heterocycles. The van der Waals surface area contributed by atoms with E-state index in [1.54, 1.807) is 0 Å². The number of rotatable bonds is 2. The van der Waals surface area contributed by atoms with Crippen molar-refractivity contribution in [1.29, 1.82) is 0 Å². The Morgan fingerprint density at radius 3 is 2.44 bits per heavy atom. The zero-order chi connectivity index (χ0) is 13.0. The number of aromatic carboxylic acids is 1.